The summed E-state index contributed by atoms with van der Waals surface area (Å²) in [5, 5.41) is 4.48. The van der Waals surface area contributed by atoms with E-state index in [9.17, 15) is 0 Å². The van der Waals surface area contributed by atoms with Gasteiger partial charge in [0, 0.05) is 12.8 Å². The lowest BCUT2D eigenvalue weighted by atomic mass is 10.2. The normalized spacial score (nSPS) is 10.6. The van der Waals surface area contributed by atoms with E-state index in [-0.39, 0.29) is 0 Å². The van der Waals surface area contributed by atoms with Gasteiger partial charge in [-0.05, 0) is 12.1 Å². The molecule has 2 N–H and O–H groups in total. The summed E-state index contributed by atoms with van der Waals surface area (Å²) in [5.74, 6) is 2.39. The summed E-state index contributed by atoms with van der Waals surface area (Å²) in [6.45, 7) is 4.09. The summed E-state index contributed by atoms with van der Waals surface area (Å²) in [6.07, 6.45) is 1.62. The lowest BCUT2D eigenvalue weighted by Gasteiger charge is -2.10. The first kappa shape index (κ1) is 12.4. The molecule has 1 aromatic carbocycles. The molecule has 2 aromatic rings. The van der Waals surface area contributed by atoms with Crippen LogP contribution >= 0.6 is 0 Å². The average Bonchev–Trinajstić information content (AvgIpc) is 2.82. The van der Waals surface area contributed by atoms with E-state index < -0.39 is 0 Å². The monoisotopic (exact) mass is 246 g/mol. The second-order valence-electron chi connectivity index (χ2n) is 3.96. The van der Waals surface area contributed by atoms with Gasteiger partial charge in [-0.2, -0.15) is 5.10 Å². The molecular formula is C13H18N4O. The average molecular weight is 246 g/mol. The predicted molar refractivity (Wildman–Crippen MR) is 71.1 cm³/mol. The number of methoxy groups -OCH3 is 1. The fourth-order valence-corrected chi connectivity index (χ4v) is 1.86. The first-order valence-electron chi connectivity index (χ1n) is 6.08. The van der Waals surface area contributed by atoms with Crippen LogP contribution in [-0.2, 0) is 12.8 Å². The Morgan fingerprint density at radius 3 is 2.67 bits per heavy atom. The van der Waals surface area contributed by atoms with Crippen molar-refractivity contribution in [1.82, 2.24) is 14.8 Å². The van der Waals surface area contributed by atoms with Gasteiger partial charge in [0.2, 0.25) is 0 Å². The van der Waals surface area contributed by atoms with Gasteiger partial charge in [-0.3, -0.25) is 0 Å². The molecule has 0 unspecified atom stereocenters. The van der Waals surface area contributed by atoms with Crippen molar-refractivity contribution in [2.75, 3.05) is 12.8 Å². The molecule has 0 aliphatic heterocycles. The van der Waals surface area contributed by atoms with Crippen molar-refractivity contribution in [2.45, 2.75) is 26.7 Å². The maximum absolute atomic E-state index is 6.09. The van der Waals surface area contributed by atoms with Crippen molar-refractivity contribution in [3.05, 3.63) is 29.8 Å². The topological polar surface area (TPSA) is 66.0 Å². The number of aromatic nitrogens is 3. The standard InChI is InChI=1S/C13H18N4O/c1-4-11-15-12(5-2)17(16-11)9-7-6-8-10(18-3)13(9)14/h6-8H,4-5,14H2,1-3H3. The second-order valence-corrected chi connectivity index (χ2v) is 3.96. The van der Waals surface area contributed by atoms with E-state index in [4.69, 9.17) is 10.5 Å². The molecule has 1 aromatic heterocycles. The zero-order valence-electron chi connectivity index (χ0n) is 11.0. The number of nitrogens with two attached hydrogens (primary N) is 1. The molecule has 5 heteroatoms. The molecule has 0 aliphatic carbocycles. The number of benzene rings is 1. The van der Waals surface area contributed by atoms with Gasteiger partial charge in [-0.15, -0.1) is 0 Å². The lowest BCUT2D eigenvalue weighted by molar-refractivity contribution is 0.416. The Bertz CT molecular complexity index is 548. The summed E-state index contributed by atoms with van der Waals surface area (Å²) in [7, 11) is 1.61. The van der Waals surface area contributed by atoms with Gasteiger partial charge in [0.15, 0.2) is 5.82 Å². The highest BCUT2D eigenvalue weighted by molar-refractivity contribution is 5.66. The summed E-state index contributed by atoms with van der Waals surface area (Å²) in [4.78, 5) is 4.48. The highest BCUT2D eigenvalue weighted by atomic mass is 16.5. The van der Waals surface area contributed by atoms with Gasteiger partial charge in [0.1, 0.15) is 17.3 Å². The number of rotatable bonds is 4. The minimum absolute atomic E-state index is 0.585. The summed E-state index contributed by atoms with van der Waals surface area (Å²) in [5.41, 5.74) is 7.49. The van der Waals surface area contributed by atoms with Crippen molar-refractivity contribution >= 4 is 5.69 Å². The van der Waals surface area contributed by atoms with Crippen LogP contribution in [0.5, 0.6) is 5.75 Å². The van der Waals surface area contributed by atoms with Crippen molar-refractivity contribution in [2.24, 2.45) is 0 Å². The Morgan fingerprint density at radius 2 is 2.06 bits per heavy atom. The van der Waals surface area contributed by atoms with Crippen molar-refractivity contribution in [1.29, 1.82) is 0 Å². The molecule has 0 atom stereocenters. The van der Waals surface area contributed by atoms with Crippen LogP contribution in [0.15, 0.2) is 18.2 Å². The minimum atomic E-state index is 0.585. The number of para-hydroxylation sites is 1. The Hall–Kier alpha value is -2.04. The Balaban J connectivity index is 2.57. The van der Waals surface area contributed by atoms with Crippen molar-refractivity contribution < 1.29 is 4.74 Å². The van der Waals surface area contributed by atoms with Crippen LogP contribution in [0.2, 0.25) is 0 Å². The molecule has 0 radical (unpaired) electrons. The molecule has 18 heavy (non-hydrogen) atoms. The Morgan fingerprint density at radius 1 is 1.28 bits per heavy atom. The lowest BCUT2D eigenvalue weighted by Crippen LogP contribution is -2.06. The van der Waals surface area contributed by atoms with Gasteiger partial charge in [0.25, 0.3) is 0 Å². The molecule has 0 aliphatic rings. The third-order valence-electron chi connectivity index (χ3n) is 2.84. The van der Waals surface area contributed by atoms with Crippen molar-refractivity contribution in [3.63, 3.8) is 0 Å². The highest BCUT2D eigenvalue weighted by Crippen LogP contribution is 2.28. The fourth-order valence-electron chi connectivity index (χ4n) is 1.86. The minimum Gasteiger partial charge on any atom is -0.495 e. The maximum atomic E-state index is 6.09. The van der Waals surface area contributed by atoms with Gasteiger partial charge < -0.3 is 10.5 Å². The van der Waals surface area contributed by atoms with E-state index in [1.807, 2.05) is 25.1 Å². The highest BCUT2D eigenvalue weighted by Gasteiger charge is 2.13. The van der Waals surface area contributed by atoms with Crippen LogP contribution < -0.4 is 10.5 Å². The van der Waals surface area contributed by atoms with Crippen LogP contribution in [0.3, 0.4) is 0 Å². The molecule has 0 saturated carbocycles. The van der Waals surface area contributed by atoms with E-state index in [1.165, 1.54) is 0 Å². The number of nitrogen functional groups attached to an aromatic ring is 1. The molecule has 2 rings (SSSR count). The molecule has 5 nitrogen and oxygen atoms in total. The molecule has 0 saturated heterocycles. The molecule has 0 bridgehead atoms. The smallest absolute Gasteiger partial charge is 0.151 e. The van der Waals surface area contributed by atoms with Crippen LogP contribution in [0.4, 0.5) is 5.69 Å². The number of hydrogen-bond donors (Lipinski definition) is 1. The van der Waals surface area contributed by atoms with E-state index in [2.05, 4.69) is 17.0 Å². The Kier molecular flexibility index (Phi) is 3.50. The van der Waals surface area contributed by atoms with Crippen molar-refractivity contribution in [3.8, 4) is 11.4 Å². The van der Waals surface area contributed by atoms with E-state index in [0.29, 0.717) is 11.4 Å². The maximum Gasteiger partial charge on any atom is 0.151 e. The molecule has 1 heterocycles. The van der Waals surface area contributed by atoms with E-state index in [1.54, 1.807) is 11.8 Å². The zero-order chi connectivity index (χ0) is 13.1. The third kappa shape index (κ3) is 2.03. The fraction of sp³-hybridized carbons (Fsp3) is 0.385. The summed E-state index contributed by atoms with van der Waals surface area (Å²) < 4.78 is 7.03. The zero-order valence-corrected chi connectivity index (χ0v) is 11.0. The van der Waals surface area contributed by atoms with Crippen LogP contribution in [0, 0.1) is 0 Å². The summed E-state index contributed by atoms with van der Waals surface area (Å²) >= 11 is 0. The predicted octanol–water partition coefficient (Wildman–Crippen LogP) is 1.98. The van der Waals surface area contributed by atoms with Gasteiger partial charge in [-0.25, -0.2) is 9.67 Å². The van der Waals surface area contributed by atoms with E-state index in [0.717, 1.165) is 30.2 Å². The molecular weight excluding hydrogens is 228 g/mol. The first-order chi connectivity index (χ1) is 8.71. The SMILES string of the molecule is CCc1nc(CC)n(-c2cccc(OC)c2N)n1. The number of ether oxygens (including phenoxy) is 1. The number of nitrogens with zero attached hydrogens (tertiary/aromatic N) is 3. The van der Waals surface area contributed by atoms with Gasteiger partial charge >= 0.3 is 0 Å². The number of anilines is 1. The van der Waals surface area contributed by atoms with Crippen LogP contribution in [0.1, 0.15) is 25.5 Å². The molecule has 0 amide bonds. The second kappa shape index (κ2) is 5.08. The van der Waals surface area contributed by atoms with Crippen LogP contribution in [0.25, 0.3) is 5.69 Å². The van der Waals surface area contributed by atoms with Gasteiger partial charge in [-0.1, -0.05) is 19.9 Å². The Labute approximate surface area is 107 Å². The summed E-state index contributed by atoms with van der Waals surface area (Å²) in [6, 6.07) is 5.66. The van der Waals surface area contributed by atoms with Gasteiger partial charge in [0.05, 0.1) is 12.8 Å². The van der Waals surface area contributed by atoms with Crippen LogP contribution in [-0.4, -0.2) is 21.9 Å². The molecule has 96 valence electrons. The van der Waals surface area contributed by atoms with E-state index >= 15 is 0 Å². The molecule has 0 fully saturated rings. The number of aryl methyl sites for hydroxylation is 2. The first-order valence-corrected chi connectivity index (χ1v) is 6.08. The number of hydrogen-bond acceptors (Lipinski definition) is 4. The third-order valence-corrected chi connectivity index (χ3v) is 2.84. The largest absolute Gasteiger partial charge is 0.495 e. The quantitative estimate of drug-likeness (QED) is 0.838. The molecule has 0 spiro atoms.